The van der Waals surface area contributed by atoms with Crippen LogP contribution in [-0.4, -0.2) is 32.9 Å². The molecule has 0 aromatic heterocycles. The average molecular weight is 190 g/mol. The van der Waals surface area contributed by atoms with E-state index in [2.05, 4.69) is 0 Å². The molecule has 1 saturated carbocycles. The highest BCUT2D eigenvalue weighted by Crippen LogP contribution is 2.37. The molecule has 2 N–H and O–H groups in total. The van der Waals surface area contributed by atoms with Crippen LogP contribution < -0.4 is 0 Å². The Labute approximate surface area is 78.4 Å². The highest BCUT2D eigenvalue weighted by atomic mass is 32.2. The van der Waals surface area contributed by atoms with E-state index in [-0.39, 0.29) is 17.5 Å². The van der Waals surface area contributed by atoms with Gasteiger partial charge in [0.05, 0.1) is 12.7 Å². The normalized spacial score (nSPS) is 31.0. The van der Waals surface area contributed by atoms with Crippen LogP contribution in [0.25, 0.3) is 0 Å². The van der Waals surface area contributed by atoms with Gasteiger partial charge in [0.25, 0.3) is 0 Å². The fourth-order valence-electron chi connectivity index (χ4n) is 1.49. The standard InChI is InChI=1S/C9H18O2S/c1-9(2,6-10)12-8-5-3-4-7(8)11/h7-8,10-11H,3-6H2,1-2H3/t7-,8-/m0/s1. The molecule has 1 aliphatic carbocycles. The zero-order valence-electron chi connectivity index (χ0n) is 7.79. The average Bonchev–Trinajstić information content (AvgIpc) is 2.36. The Kier molecular flexibility index (Phi) is 3.44. The van der Waals surface area contributed by atoms with Crippen molar-refractivity contribution >= 4 is 11.8 Å². The van der Waals surface area contributed by atoms with Crippen molar-refractivity contribution in [2.24, 2.45) is 0 Å². The lowest BCUT2D eigenvalue weighted by Gasteiger charge is -2.26. The van der Waals surface area contributed by atoms with E-state index in [0.29, 0.717) is 5.25 Å². The fraction of sp³-hybridized carbons (Fsp3) is 1.00. The molecule has 0 heterocycles. The van der Waals surface area contributed by atoms with Crippen molar-refractivity contribution in [2.75, 3.05) is 6.61 Å². The second-order valence-electron chi connectivity index (χ2n) is 4.07. The quantitative estimate of drug-likeness (QED) is 0.707. The van der Waals surface area contributed by atoms with Crippen molar-refractivity contribution in [1.29, 1.82) is 0 Å². The van der Waals surface area contributed by atoms with Gasteiger partial charge in [-0.1, -0.05) is 0 Å². The summed E-state index contributed by atoms with van der Waals surface area (Å²) in [5.74, 6) is 0. The largest absolute Gasteiger partial charge is 0.395 e. The minimum Gasteiger partial charge on any atom is -0.395 e. The zero-order valence-corrected chi connectivity index (χ0v) is 8.60. The first-order valence-electron chi connectivity index (χ1n) is 4.52. The fourth-order valence-corrected chi connectivity index (χ4v) is 2.96. The molecule has 2 atom stereocenters. The third-order valence-corrected chi connectivity index (χ3v) is 3.89. The Hall–Kier alpha value is 0.270. The van der Waals surface area contributed by atoms with Gasteiger partial charge in [-0.2, -0.15) is 0 Å². The molecule has 1 aliphatic rings. The smallest absolute Gasteiger partial charge is 0.0659 e. The van der Waals surface area contributed by atoms with Crippen LogP contribution in [0.4, 0.5) is 0 Å². The molecule has 0 saturated heterocycles. The summed E-state index contributed by atoms with van der Waals surface area (Å²) in [6.07, 6.45) is 3.00. The first-order chi connectivity index (χ1) is 5.55. The molecule has 0 spiro atoms. The third-order valence-electron chi connectivity index (χ3n) is 2.27. The first-order valence-corrected chi connectivity index (χ1v) is 5.40. The Morgan fingerprint density at radius 2 is 2.08 bits per heavy atom. The second kappa shape index (κ2) is 3.99. The maximum atomic E-state index is 9.55. The van der Waals surface area contributed by atoms with Crippen LogP contribution >= 0.6 is 11.8 Å². The van der Waals surface area contributed by atoms with Crippen molar-refractivity contribution < 1.29 is 10.2 Å². The molecule has 72 valence electrons. The van der Waals surface area contributed by atoms with E-state index < -0.39 is 0 Å². The minimum atomic E-state index is -0.152. The lowest BCUT2D eigenvalue weighted by Crippen LogP contribution is -2.27. The van der Waals surface area contributed by atoms with E-state index in [1.165, 1.54) is 0 Å². The molecule has 1 fully saturated rings. The number of hydrogen-bond acceptors (Lipinski definition) is 3. The molecule has 3 heteroatoms. The van der Waals surface area contributed by atoms with Gasteiger partial charge in [0, 0.05) is 10.00 Å². The van der Waals surface area contributed by atoms with Gasteiger partial charge < -0.3 is 10.2 Å². The third kappa shape index (κ3) is 2.64. The van der Waals surface area contributed by atoms with Gasteiger partial charge in [-0.15, -0.1) is 11.8 Å². The van der Waals surface area contributed by atoms with E-state index in [4.69, 9.17) is 5.11 Å². The summed E-state index contributed by atoms with van der Waals surface area (Å²) in [7, 11) is 0. The molecule has 0 bridgehead atoms. The minimum absolute atomic E-state index is 0.101. The number of aliphatic hydroxyl groups excluding tert-OH is 2. The van der Waals surface area contributed by atoms with Gasteiger partial charge in [0.1, 0.15) is 0 Å². The predicted molar refractivity (Wildman–Crippen MR) is 52.4 cm³/mol. The molecule has 2 nitrogen and oxygen atoms in total. The SMILES string of the molecule is CC(C)(CO)S[C@H]1CCC[C@@H]1O. The predicted octanol–water partition coefficient (Wildman–Crippen LogP) is 1.40. The molecule has 0 radical (unpaired) electrons. The van der Waals surface area contributed by atoms with Crippen LogP contribution in [0.15, 0.2) is 0 Å². The highest BCUT2D eigenvalue weighted by molar-refractivity contribution is 8.01. The van der Waals surface area contributed by atoms with Gasteiger partial charge in [0.2, 0.25) is 0 Å². The molecule has 0 aromatic carbocycles. The van der Waals surface area contributed by atoms with Crippen molar-refractivity contribution in [3.8, 4) is 0 Å². The summed E-state index contributed by atoms with van der Waals surface area (Å²) < 4.78 is -0.101. The van der Waals surface area contributed by atoms with Crippen molar-refractivity contribution in [3.63, 3.8) is 0 Å². The van der Waals surface area contributed by atoms with E-state index in [1.54, 1.807) is 11.8 Å². The lowest BCUT2D eigenvalue weighted by atomic mass is 10.2. The number of rotatable bonds is 3. The lowest BCUT2D eigenvalue weighted by molar-refractivity contribution is 0.187. The van der Waals surface area contributed by atoms with Crippen LogP contribution in [0, 0.1) is 0 Å². The van der Waals surface area contributed by atoms with Gasteiger partial charge in [-0.25, -0.2) is 0 Å². The number of aliphatic hydroxyl groups is 2. The van der Waals surface area contributed by atoms with Crippen LogP contribution in [0.3, 0.4) is 0 Å². The molecular weight excluding hydrogens is 172 g/mol. The molecule has 0 aromatic rings. The molecule has 0 amide bonds. The Morgan fingerprint density at radius 3 is 2.50 bits per heavy atom. The van der Waals surface area contributed by atoms with Crippen molar-refractivity contribution in [3.05, 3.63) is 0 Å². The highest BCUT2D eigenvalue weighted by Gasteiger charge is 2.31. The molecular formula is C9H18O2S. The Bertz CT molecular complexity index is 147. The molecule has 12 heavy (non-hydrogen) atoms. The van der Waals surface area contributed by atoms with Gasteiger partial charge >= 0.3 is 0 Å². The van der Waals surface area contributed by atoms with E-state index in [0.717, 1.165) is 19.3 Å². The van der Waals surface area contributed by atoms with Crippen LogP contribution in [0.1, 0.15) is 33.1 Å². The number of thioether (sulfide) groups is 1. The van der Waals surface area contributed by atoms with Crippen molar-refractivity contribution in [1.82, 2.24) is 0 Å². The summed E-state index contributed by atoms with van der Waals surface area (Å²) in [5, 5.41) is 18.9. The summed E-state index contributed by atoms with van der Waals surface area (Å²) in [6, 6.07) is 0. The van der Waals surface area contributed by atoms with Crippen LogP contribution in [-0.2, 0) is 0 Å². The molecule has 0 aliphatic heterocycles. The summed E-state index contributed by atoms with van der Waals surface area (Å²) >= 11 is 1.72. The van der Waals surface area contributed by atoms with Crippen LogP contribution in [0.5, 0.6) is 0 Å². The van der Waals surface area contributed by atoms with Gasteiger partial charge in [-0.05, 0) is 33.1 Å². The van der Waals surface area contributed by atoms with Gasteiger partial charge in [-0.3, -0.25) is 0 Å². The van der Waals surface area contributed by atoms with E-state index in [1.807, 2.05) is 13.8 Å². The maximum Gasteiger partial charge on any atom is 0.0659 e. The summed E-state index contributed by atoms with van der Waals surface area (Å²) in [6.45, 7) is 4.21. The monoisotopic (exact) mass is 190 g/mol. The summed E-state index contributed by atoms with van der Waals surface area (Å²) in [4.78, 5) is 0. The molecule has 0 unspecified atom stereocenters. The second-order valence-corrected chi connectivity index (χ2v) is 6.02. The maximum absolute atomic E-state index is 9.55. The topological polar surface area (TPSA) is 40.5 Å². The summed E-state index contributed by atoms with van der Waals surface area (Å²) in [5.41, 5.74) is 0. The Morgan fingerprint density at radius 1 is 1.42 bits per heavy atom. The van der Waals surface area contributed by atoms with E-state index >= 15 is 0 Å². The van der Waals surface area contributed by atoms with E-state index in [9.17, 15) is 5.11 Å². The first kappa shape index (κ1) is 10.4. The number of hydrogen-bond donors (Lipinski definition) is 2. The van der Waals surface area contributed by atoms with Crippen molar-refractivity contribution in [2.45, 2.75) is 49.2 Å². The Balaban J connectivity index is 2.39. The van der Waals surface area contributed by atoms with Crippen LogP contribution in [0.2, 0.25) is 0 Å². The van der Waals surface area contributed by atoms with Gasteiger partial charge in [0.15, 0.2) is 0 Å². The molecule has 1 rings (SSSR count). The zero-order chi connectivity index (χ0) is 9.19.